The van der Waals surface area contributed by atoms with Crippen LogP contribution in [0.5, 0.6) is 5.75 Å². The third kappa shape index (κ3) is 5.67. The Balaban J connectivity index is 1.29. The molecule has 0 bridgehead atoms. The van der Waals surface area contributed by atoms with E-state index >= 15 is 0 Å². The molecule has 4 nitrogen and oxygen atoms in total. The maximum absolute atomic E-state index is 14.0. The number of benzene rings is 7. The molecule has 0 aliphatic rings. The van der Waals surface area contributed by atoms with Crippen LogP contribution in [0.2, 0.25) is 0 Å². The van der Waals surface area contributed by atoms with Gasteiger partial charge in [0.2, 0.25) is 0 Å². The Bertz CT molecular complexity index is 2190. The van der Waals surface area contributed by atoms with E-state index in [2.05, 4.69) is 54.6 Å². The Morgan fingerprint density at radius 1 is 0.500 bits per heavy atom. The summed E-state index contributed by atoms with van der Waals surface area (Å²) in [6.45, 7) is 2.31. The smallest absolute Gasteiger partial charge is 0.307 e. The zero-order chi connectivity index (χ0) is 31.6. The van der Waals surface area contributed by atoms with Crippen molar-refractivity contribution in [2.45, 2.75) is 33.1 Å². The standard InChI is InChI=1S/C40H32O4S2/c1-30-20-24-37(25-21-30)46(41,42)44-45(34-13-4-2-5-14-34,35-15-6-3-7-16-35)36-26-22-33(23-27-36)43-29-32-28-31-12-8-9-17-38(31)40-19-11-10-18-39(32)40/h2-28H,29H2,1H3. The van der Waals surface area contributed by atoms with Crippen LogP contribution in [0.4, 0.5) is 0 Å². The summed E-state index contributed by atoms with van der Waals surface area (Å²) < 4.78 is 40.8. The van der Waals surface area contributed by atoms with Gasteiger partial charge in [-0.15, -0.1) is 0 Å². The van der Waals surface area contributed by atoms with Crippen LogP contribution in [0.25, 0.3) is 21.5 Å². The van der Waals surface area contributed by atoms with Crippen LogP contribution in [0.15, 0.2) is 183 Å². The van der Waals surface area contributed by atoms with E-state index in [4.69, 9.17) is 8.37 Å². The number of ether oxygens (including phenoxy) is 1. The van der Waals surface area contributed by atoms with Gasteiger partial charge in [-0.25, -0.2) is 3.63 Å². The van der Waals surface area contributed by atoms with Crippen LogP contribution in [-0.4, -0.2) is 8.42 Å². The average Bonchev–Trinajstić information content (AvgIpc) is 3.11. The summed E-state index contributed by atoms with van der Waals surface area (Å²) in [5.74, 6) is 0.678. The van der Waals surface area contributed by atoms with Crippen molar-refractivity contribution in [3.05, 3.63) is 175 Å². The van der Waals surface area contributed by atoms with Crippen molar-refractivity contribution in [1.82, 2.24) is 0 Å². The molecular formula is C40H32O4S2. The lowest BCUT2D eigenvalue weighted by Crippen LogP contribution is -2.14. The van der Waals surface area contributed by atoms with Crippen LogP contribution in [0, 0.1) is 6.92 Å². The van der Waals surface area contributed by atoms with Crippen LogP contribution in [-0.2, 0) is 20.4 Å². The molecule has 228 valence electrons. The molecule has 7 aromatic carbocycles. The molecular weight excluding hydrogens is 609 g/mol. The zero-order valence-corrected chi connectivity index (χ0v) is 26.9. The molecule has 0 saturated heterocycles. The molecule has 0 atom stereocenters. The summed E-state index contributed by atoms with van der Waals surface area (Å²) in [5, 5.41) is 4.74. The van der Waals surface area contributed by atoms with Gasteiger partial charge in [-0.3, -0.25) is 0 Å². The van der Waals surface area contributed by atoms with E-state index in [-0.39, 0.29) is 4.90 Å². The van der Waals surface area contributed by atoms with E-state index in [0.29, 0.717) is 12.4 Å². The highest BCUT2D eigenvalue weighted by Crippen LogP contribution is 2.70. The minimum absolute atomic E-state index is 0.115. The van der Waals surface area contributed by atoms with Crippen LogP contribution >= 0.6 is 10.3 Å². The van der Waals surface area contributed by atoms with Gasteiger partial charge in [0.05, 0.1) is 4.90 Å². The van der Waals surface area contributed by atoms with Gasteiger partial charge in [0.25, 0.3) is 0 Å². The van der Waals surface area contributed by atoms with Crippen LogP contribution in [0.1, 0.15) is 11.1 Å². The lowest BCUT2D eigenvalue weighted by atomic mass is 9.98. The Morgan fingerprint density at radius 2 is 1.00 bits per heavy atom. The normalized spacial score (nSPS) is 12.3. The monoisotopic (exact) mass is 640 g/mol. The highest BCUT2D eigenvalue weighted by molar-refractivity contribution is 8.33. The van der Waals surface area contributed by atoms with Crippen molar-refractivity contribution in [2.75, 3.05) is 0 Å². The van der Waals surface area contributed by atoms with E-state index in [1.54, 1.807) is 24.3 Å². The molecule has 7 aromatic rings. The van der Waals surface area contributed by atoms with E-state index in [9.17, 15) is 8.42 Å². The predicted octanol–water partition coefficient (Wildman–Crippen LogP) is 10.5. The minimum Gasteiger partial charge on any atom is -0.489 e. The van der Waals surface area contributed by atoms with E-state index in [1.165, 1.54) is 16.2 Å². The Kier molecular flexibility index (Phi) is 8.09. The summed E-state index contributed by atoms with van der Waals surface area (Å²) >= 11 is 0. The summed E-state index contributed by atoms with van der Waals surface area (Å²) in [4.78, 5) is 2.40. The zero-order valence-electron chi connectivity index (χ0n) is 25.2. The number of aryl methyl sites for hydroxylation is 1. The first kappa shape index (κ1) is 29.8. The molecule has 0 unspecified atom stereocenters. The summed E-state index contributed by atoms with van der Waals surface area (Å²) in [6, 6.07) is 52.6. The van der Waals surface area contributed by atoms with Gasteiger partial charge >= 0.3 is 10.1 Å². The van der Waals surface area contributed by atoms with Gasteiger partial charge < -0.3 is 4.74 Å². The van der Waals surface area contributed by atoms with E-state index in [1.807, 2.05) is 91.9 Å². The fraction of sp³-hybridized carbons (Fsp3) is 0.0500. The van der Waals surface area contributed by atoms with Crippen LogP contribution in [0.3, 0.4) is 0 Å². The molecule has 0 spiro atoms. The van der Waals surface area contributed by atoms with E-state index in [0.717, 1.165) is 31.2 Å². The molecule has 0 saturated carbocycles. The second kappa shape index (κ2) is 12.5. The van der Waals surface area contributed by atoms with Gasteiger partial charge in [0.15, 0.2) is 0 Å². The summed E-state index contributed by atoms with van der Waals surface area (Å²) in [7, 11) is -6.90. The highest BCUT2D eigenvalue weighted by atomic mass is 32.3. The Morgan fingerprint density at radius 3 is 1.63 bits per heavy atom. The summed E-state index contributed by atoms with van der Waals surface area (Å²) in [6.07, 6.45) is 0. The van der Waals surface area contributed by atoms with E-state index < -0.39 is 20.4 Å². The molecule has 0 amide bonds. The molecule has 7 rings (SSSR count). The minimum atomic E-state index is -4.17. The fourth-order valence-corrected chi connectivity index (χ4v) is 11.0. The second-order valence-electron chi connectivity index (χ2n) is 11.1. The van der Waals surface area contributed by atoms with Crippen molar-refractivity contribution in [2.24, 2.45) is 0 Å². The highest BCUT2D eigenvalue weighted by Gasteiger charge is 2.38. The van der Waals surface area contributed by atoms with Gasteiger partial charge in [-0.1, -0.05) is 103 Å². The molecule has 46 heavy (non-hydrogen) atoms. The molecule has 6 heteroatoms. The fourth-order valence-electron chi connectivity index (χ4n) is 5.77. The van der Waals surface area contributed by atoms with Gasteiger partial charge in [0, 0.05) is 14.7 Å². The first-order chi connectivity index (χ1) is 22.4. The summed E-state index contributed by atoms with van der Waals surface area (Å²) in [5.41, 5.74) is 2.07. The van der Waals surface area contributed by atoms with Gasteiger partial charge in [-0.2, -0.15) is 8.42 Å². The Hall–Kier alpha value is -4.88. The lowest BCUT2D eigenvalue weighted by molar-refractivity contribution is 0.307. The van der Waals surface area contributed by atoms with Crippen molar-refractivity contribution in [1.29, 1.82) is 0 Å². The molecule has 0 aliphatic heterocycles. The molecule has 0 radical (unpaired) electrons. The third-order valence-electron chi connectivity index (χ3n) is 8.06. The quantitative estimate of drug-likeness (QED) is 0.147. The maximum Gasteiger partial charge on any atom is 0.307 e. The van der Waals surface area contributed by atoms with Crippen molar-refractivity contribution < 1.29 is 16.8 Å². The van der Waals surface area contributed by atoms with Gasteiger partial charge in [0.1, 0.15) is 12.4 Å². The number of hydrogen-bond donors (Lipinski definition) is 0. The topological polar surface area (TPSA) is 52.6 Å². The van der Waals surface area contributed by atoms with Crippen molar-refractivity contribution in [3.8, 4) is 5.75 Å². The molecule has 0 heterocycles. The van der Waals surface area contributed by atoms with Crippen LogP contribution < -0.4 is 4.74 Å². The third-order valence-corrected chi connectivity index (χ3v) is 13.2. The molecule has 0 aliphatic carbocycles. The maximum atomic E-state index is 14.0. The molecule has 0 aromatic heterocycles. The average molecular weight is 641 g/mol. The first-order valence-corrected chi connectivity index (χ1v) is 18.0. The first-order valence-electron chi connectivity index (χ1n) is 15.0. The number of hydrogen-bond acceptors (Lipinski definition) is 4. The number of rotatable bonds is 9. The number of fused-ring (bicyclic) bond motifs is 3. The predicted molar refractivity (Wildman–Crippen MR) is 187 cm³/mol. The Labute approximate surface area is 271 Å². The second-order valence-corrected chi connectivity index (χ2v) is 15.5. The largest absolute Gasteiger partial charge is 0.489 e. The van der Waals surface area contributed by atoms with Crippen molar-refractivity contribution in [3.63, 3.8) is 0 Å². The molecule has 0 fully saturated rings. The van der Waals surface area contributed by atoms with Crippen molar-refractivity contribution >= 4 is 42.0 Å². The SMILES string of the molecule is Cc1ccc(S(=O)(=O)OS(c2ccccc2)(c2ccccc2)c2ccc(OCc3cc4ccccc4c4ccccc34)cc2)cc1. The molecule has 0 N–H and O–H groups in total. The van der Waals surface area contributed by atoms with Gasteiger partial charge in [-0.05, 0) is 111 Å². The lowest BCUT2D eigenvalue weighted by Gasteiger charge is -2.39.